The summed E-state index contributed by atoms with van der Waals surface area (Å²) in [6, 6.07) is 0. The van der Waals surface area contributed by atoms with Gasteiger partial charge in [-0.1, -0.05) is 11.6 Å². The van der Waals surface area contributed by atoms with Gasteiger partial charge in [-0.3, -0.25) is 4.68 Å². The van der Waals surface area contributed by atoms with E-state index in [0.717, 1.165) is 0 Å². The second-order valence-electron chi connectivity index (χ2n) is 3.93. The molecule has 2 rings (SSSR count). The summed E-state index contributed by atoms with van der Waals surface area (Å²) in [4.78, 5) is 0. The van der Waals surface area contributed by atoms with Crippen LogP contribution < -0.4 is 5.73 Å². The molecule has 2 N–H and O–H groups in total. The summed E-state index contributed by atoms with van der Waals surface area (Å²) >= 11 is 5.69. The van der Waals surface area contributed by atoms with Crippen LogP contribution in [0.5, 0.6) is 0 Å². The number of hydrogen-bond acceptors (Lipinski definition) is 2. The Balaban J connectivity index is 2.09. The van der Waals surface area contributed by atoms with Gasteiger partial charge in [0.1, 0.15) is 5.02 Å². The van der Waals surface area contributed by atoms with Gasteiger partial charge in [-0.25, -0.2) is 8.78 Å². The minimum absolute atomic E-state index is 0.0256. The Morgan fingerprint density at radius 2 is 2.40 bits per heavy atom. The minimum atomic E-state index is -2.58. The van der Waals surface area contributed by atoms with Gasteiger partial charge in [0.2, 0.25) is 0 Å². The number of anilines is 1. The fourth-order valence-corrected chi connectivity index (χ4v) is 2.11. The third-order valence-electron chi connectivity index (χ3n) is 2.81. The van der Waals surface area contributed by atoms with E-state index >= 15 is 0 Å². The largest absolute Gasteiger partial charge is 0.381 e. The Bertz CT molecular complexity index is 345. The normalized spacial score (nSPS) is 24.6. The zero-order chi connectivity index (χ0) is 11.1. The molecule has 0 aromatic carbocycles. The fourth-order valence-electron chi connectivity index (χ4n) is 1.96. The third-order valence-corrected chi connectivity index (χ3v) is 3.10. The molecule has 1 aromatic heterocycles. The first-order valence-corrected chi connectivity index (χ1v) is 5.23. The van der Waals surface area contributed by atoms with Crippen LogP contribution in [0.3, 0.4) is 0 Å². The van der Waals surface area contributed by atoms with Gasteiger partial charge in [0.05, 0.1) is 0 Å². The lowest BCUT2D eigenvalue weighted by Gasteiger charge is -2.18. The number of rotatable bonds is 2. The molecule has 0 radical (unpaired) electrons. The van der Waals surface area contributed by atoms with Gasteiger partial charge in [-0.2, -0.15) is 5.10 Å². The zero-order valence-corrected chi connectivity index (χ0v) is 8.84. The van der Waals surface area contributed by atoms with Gasteiger partial charge >= 0.3 is 0 Å². The maximum Gasteiger partial charge on any atom is 0.252 e. The van der Waals surface area contributed by atoms with E-state index in [9.17, 15) is 8.78 Å². The Morgan fingerprint density at radius 1 is 1.67 bits per heavy atom. The molecule has 0 saturated heterocycles. The highest BCUT2D eigenvalue weighted by Gasteiger charge is 2.43. The minimum Gasteiger partial charge on any atom is -0.381 e. The molecule has 3 nitrogen and oxygen atoms in total. The molecular formula is C9H12ClF2N3. The van der Waals surface area contributed by atoms with Crippen molar-refractivity contribution in [2.24, 2.45) is 5.92 Å². The van der Waals surface area contributed by atoms with Crippen molar-refractivity contribution in [3.05, 3.63) is 11.2 Å². The Hall–Kier alpha value is -0.840. The van der Waals surface area contributed by atoms with Gasteiger partial charge in [0, 0.05) is 25.1 Å². The second-order valence-corrected chi connectivity index (χ2v) is 4.34. The number of nitrogens with two attached hydrogens (primary N) is 1. The number of hydrogen-bond donors (Lipinski definition) is 1. The maximum atomic E-state index is 13.3. The Labute approximate surface area is 91.2 Å². The molecule has 15 heavy (non-hydrogen) atoms. The van der Waals surface area contributed by atoms with Crippen molar-refractivity contribution in [3.8, 4) is 0 Å². The molecule has 1 heterocycles. The second kappa shape index (κ2) is 3.63. The van der Waals surface area contributed by atoms with Crippen molar-refractivity contribution in [3.63, 3.8) is 0 Å². The number of aromatic nitrogens is 2. The number of nitrogens with zero attached hydrogens (tertiary/aromatic N) is 2. The van der Waals surface area contributed by atoms with E-state index in [2.05, 4.69) is 5.10 Å². The van der Waals surface area contributed by atoms with Crippen LogP contribution in [0.2, 0.25) is 5.02 Å². The molecule has 0 spiro atoms. The number of alkyl halides is 2. The van der Waals surface area contributed by atoms with Crippen LogP contribution in [0.1, 0.15) is 19.3 Å². The molecule has 0 bridgehead atoms. The number of halogens is 3. The molecule has 1 saturated carbocycles. The molecule has 84 valence electrons. The Kier molecular flexibility index (Phi) is 2.58. The van der Waals surface area contributed by atoms with E-state index < -0.39 is 11.8 Å². The predicted molar refractivity (Wildman–Crippen MR) is 53.9 cm³/mol. The van der Waals surface area contributed by atoms with Gasteiger partial charge in [-0.15, -0.1) is 0 Å². The molecule has 1 fully saturated rings. The van der Waals surface area contributed by atoms with Crippen molar-refractivity contribution in [2.45, 2.75) is 31.7 Å². The summed E-state index contributed by atoms with van der Waals surface area (Å²) < 4.78 is 28.0. The van der Waals surface area contributed by atoms with E-state index in [1.807, 2.05) is 0 Å². The number of nitrogen functional groups attached to an aromatic ring is 1. The smallest absolute Gasteiger partial charge is 0.252 e. The van der Waals surface area contributed by atoms with Crippen molar-refractivity contribution in [1.82, 2.24) is 9.78 Å². The van der Waals surface area contributed by atoms with Gasteiger partial charge in [0.15, 0.2) is 5.82 Å². The molecule has 1 aromatic rings. The third kappa shape index (κ3) is 2.07. The summed E-state index contributed by atoms with van der Waals surface area (Å²) in [6.45, 7) is 0.184. The van der Waals surface area contributed by atoms with Crippen LogP contribution in [0.15, 0.2) is 6.20 Å². The van der Waals surface area contributed by atoms with Crippen LogP contribution in [0.4, 0.5) is 14.6 Å². The topological polar surface area (TPSA) is 43.8 Å². The molecule has 0 aliphatic heterocycles. The maximum absolute atomic E-state index is 13.3. The first-order valence-electron chi connectivity index (χ1n) is 4.85. The standard InChI is InChI=1S/C9H12ClF2N3/c10-7-5-15(14-8(7)13)4-6-2-1-3-9(6,11)12/h5-6H,1-4H2,(H2,13,14). The highest BCUT2D eigenvalue weighted by atomic mass is 35.5. The van der Waals surface area contributed by atoms with Crippen LogP contribution in [-0.4, -0.2) is 15.7 Å². The van der Waals surface area contributed by atoms with Crippen LogP contribution in [-0.2, 0) is 6.54 Å². The first-order chi connectivity index (χ1) is 6.99. The molecule has 1 aliphatic rings. The monoisotopic (exact) mass is 235 g/mol. The Morgan fingerprint density at radius 3 is 2.87 bits per heavy atom. The lowest BCUT2D eigenvalue weighted by Crippen LogP contribution is -2.26. The lowest BCUT2D eigenvalue weighted by atomic mass is 10.1. The summed E-state index contributed by atoms with van der Waals surface area (Å²) in [7, 11) is 0. The highest BCUT2D eigenvalue weighted by molar-refractivity contribution is 6.32. The molecule has 1 atom stereocenters. The van der Waals surface area contributed by atoms with E-state index in [1.165, 1.54) is 10.9 Å². The predicted octanol–water partition coefficient (Wildman–Crippen LogP) is 2.55. The molecule has 1 aliphatic carbocycles. The highest BCUT2D eigenvalue weighted by Crippen LogP contribution is 2.41. The lowest BCUT2D eigenvalue weighted by molar-refractivity contribution is -0.0432. The molecule has 6 heteroatoms. The van der Waals surface area contributed by atoms with Crippen LogP contribution >= 0.6 is 11.6 Å². The first kappa shape index (κ1) is 10.7. The van der Waals surface area contributed by atoms with E-state index in [4.69, 9.17) is 17.3 Å². The average Bonchev–Trinajstić information content (AvgIpc) is 2.59. The molecule has 0 amide bonds. The van der Waals surface area contributed by atoms with Gasteiger partial charge in [-0.05, 0) is 12.8 Å². The summed E-state index contributed by atoms with van der Waals surface area (Å²) in [6.07, 6.45) is 2.57. The van der Waals surface area contributed by atoms with Crippen molar-refractivity contribution in [1.29, 1.82) is 0 Å². The summed E-state index contributed by atoms with van der Waals surface area (Å²) in [5, 5.41) is 4.18. The summed E-state index contributed by atoms with van der Waals surface area (Å²) in [5.74, 6) is -3.03. The van der Waals surface area contributed by atoms with Gasteiger partial charge < -0.3 is 5.73 Å². The van der Waals surface area contributed by atoms with Crippen LogP contribution in [0.25, 0.3) is 0 Å². The van der Waals surface area contributed by atoms with Crippen LogP contribution in [0, 0.1) is 5.92 Å². The van der Waals surface area contributed by atoms with Crippen molar-refractivity contribution in [2.75, 3.05) is 5.73 Å². The van der Waals surface area contributed by atoms with Gasteiger partial charge in [0.25, 0.3) is 5.92 Å². The fraction of sp³-hybridized carbons (Fsp3) is 0.667. The van der Waals surface area contributed by atoms with Crippen molar-refractivity contribution < 1.29 is 8.78 Å². The summed E-state index contributed by atoms with van der Waals surface area (Å²) in [5.41, 5.74) is 5.43. The van der Waals surface area contributed by atoms with E-state index in [-0.39, 0.29) is 18.8 Å². The zero-order valence-electron chi connectivity index (χ0n) is 8.09. The van der Waals surface area contributed by atoms with E-state index in [1.54, 1.807) is 0 Å². The molecule has 1 unspecified atom stereocenters. The average molecular weight is 236 g/mol. The quantitative estimate of drug-likeness (QED) is 0.856. The molecular weight excluding hydrogens is 224 g/mol. The van der Waals surface area contributed by atoms with E-state index in [0.29, 0.717) is 17.9 Å². The SMILES string of the molecule is Nc1nn(CC2CCCC2(F)F)cc1Cl. The van der Waals surface area contributed by atoms with Crippen molar-refractivity contribution >= 4 is 17.4 Å².